The van der Waals surface area contributed by atoms with Crippen LogP contribution in [-0.4, -0.2) is 54.7 Å². The Labute approximate surface area is 236 Å². The minimum Gasteiger partial charge on any atom is -0.336 e. The molecule has 0 spiro atoms. The van der Waals surface area contributed by atoms with E-state index in [-0.39, 0.29) is 18.4 Å². The molecule has 42 heavy (non-hydrogen) atoms. The Hall–Kier alpha value is -3.67. The number of halogens is 6. The molecule has 1 aromatic carbocycles. The van der Waals surface area contributed by atoms with Crippen LogP contribution in [0.1, 0.15) is 43.4 Å². The van der Waals surface area contributed by atoms with E-state index in [4.69, 9.17) is 0 Å². The fraction of sp³-hybridized carbons (Fsp3) is 0.481. The number of benzene rings is 1. The van der Waals surface area contributed by atoms with Gasteiger partial charge in [0.2, 0.25) is 11.8 Å². The van der Waals surface area contributed by atoms with Crippen LogP contribution < -0.4 is 10.3 Å². The molecule has 5 rings (SSSR count). The van der Waals surface area contributed by atoms with E-state index in [1.165, 1.54) is 18.3 Å². The SMILES string of the molecule is Cc1cc(-c2ccc(S(=O)(=O)[C@@H]3C[C@@H](C(=O)NC4(C#N)CC4)N(C(=O)C4(C(F)(F)F)CC4)C3)c(C(F)(F)F)c2)cc[nH+]1. The summed E-state index contributed by atoms with van der Waals surface area (Å²) in [5.41, 5.74) is -4.46. The lowest BCUT2D eigenvalue weighted by Crippen LogP contribution is -2.53. The lowest BCUT2D eigenvalue weighted by atomic mass is 10.0. The average Bonchev–Trinajstić information content (AvgIpc) is 3.83. The highest BCUT2D eigenvalue weighted by atomic mass is 32.2. The Morgan fingerprint density at radius 2 is 1.69 bits per heavy atom. The first kappa shape index (κ1) is 29.8. The van der Waals surface area contributed by atoms with Gasteiger partial charge < -0.3 is 10.2 Å². The highest BCUT2D eigenvalue weighted by molar-refractivity contribution is 7.92. The smallest absolute Gasteiger partial charge is 0.336 e. The number of aromatic amines is 1. The number of carbonyl (C=O) groups is 2. The molecule has 1 aromatic heterocycles. The number of H-pyrrole nitrogens is 1. The van der Waals surface area contributed by atoms with E-state index < -0.39 is 92.5 Å². The zero-order chi connectivity index (χ0) is 30.9. The summed E-state index contributed by atoms with van der Waals surface area (Å²) in [4.78, 5) is 28.6. The lowest BCUT2D eigenvalue weighted by molar-refractivity contribution is -0.387. The number of nitrogens with zero attached hydrogens (tertiary/aromatic N) is 2. The number of carbonyl (C=O) groups excluding carboxylic acids is 2. The molecule has 2 aliphatic carbocycles. The molecule has 2 aromatic rings. The third-order valence-electron chi connectivity index (χ3n) is 8.16. The maximum Gasteiger partial charge on any atom is 0.417 e. The Morgan fingerprint density at radius 3 is 2.21 bits per heavy atom. The summed E-state index contributed by atoms with van der Waals surface area (Å²) in [6.07, 6.45) is -9.94. The largest absolute Gasteiger partial charge is 0.417 e. The first-order valence-electron chi connectivity index (χ1n) is 13.0. The van der Waals surface area contributed by atoms with Crippen molar-refractivity contribution in [2.45, 2.75) is 73.1 Å². The molecule has 2 amide bonds. The van der Waals surface area contributed by atoms with Crippen LogP contribution in [0.25, 0.3) is 11.1 Å². The first-order chi connectivity index (χ1) is 19.4. The summed E-state index contributed by atoms with van der Waals surface area (Å²) in [7, 11) is -4.93. The number of nitrogens with one attached hydrogen (secondary N) is 2. The number of alkyl halides is 6. The molecular formula is C27H25F6N4O4S+. The van der Waals surface area contributed by atoms with E-state index in [1.54, 1.807) is 13.0 Å². The van der Waals surface area contributed by atoms with E-state index in [0.29, 0.717) is 22.2 Å². The lowest BCUT2D eigenvalue weighted by Gasteiger charge is -2.29. The minimum absolute atomic E-state index is 0.0749. The van der Waals surface area contributed by atoms with Crippen molar-refractivity contribution in [2.75, 3.05) is 6.54 Å². The highest BCUT2D eigenvalue weighted by Gasteiger charge is 2.70. The Balaban J connectivity index is 1.53. The number of nitriles is 1. The topological polar surface area (TPSA) is 121 Å². The van der Waals surface area contributed by atoms with E-state index >= 15 is 0 Å². The maximum atomic E-state index is 14.2. The van der Waals surface area contributed by atoms with E-state index in [2.05, 4.69) is 10.3 Å². The molecule has 1 saturated heterocycles. The van der Waals surface area contributed by atoms with Gasteiger partial charge in [-0.3, -0.25) is 9.59 Å². The molecule has 15 heteroatoms. The van der Waals surface area contributed by atoms with Crippen molar-refractivity contribution in [1.29, 1.82) is 5.26 Å². The molecule has 1 aliphatic heterocycles. The summed E-state index contributed by atoms with van der Waals surface area (Å²) >= 11 is 0. The van der Waals surface area contributed by atoms with Crippen molar-refractivity contribution in [3.63, 3.8) is 0 Å². The quantitative estimate of drug-likeness (QED) is 0.497. The molecule has 2 heterocycles. The second-order valence-corrected chi connectivity index (χ2v) is 13.3. The fourth-order valence-corrected chi connectivity index (χ4v) is 7.24. The van der Waals surface area contributed by atoms with Crippen molar-refractivity contribution in [3.8, 4) is 17.2 Å². The summed E-state index contributed by atoms with van der Waals surface area (Å²) in [6.45, 7) is 0.766. The third kappa shape index (κ3) is 5.10. The zero-order valence-electron chi connectivity index (χ0n) is 22.1. The van der Waals surface area contributed by atoms with Crippen LogP contribution in [0.15, 0.2) is 41.4 Å². The van der Waals surface area contributed by atoms with Gasteiger partial charge in [-0.1, -0.05) is 6.07 Å². The van der Waals surface area contributed by atoms with Crippen molar-refractivity contribution >= 4 is 21.7 Å². The predicted octanol–water partition coefficient (Wildman–Crippen LogP) is 3.75. The Morgan fingerprint density at radius 1 is 1.05 bits per heavy atom. The number of likely N-dealkylation sites (tertiary alicyclic amines) is 1. The second kappa shape index (κ2) is 9.68. The summed E-state index contributed by atoms with van der Waals surface area (Å²) in [5, 5.41) is 9.90. The van der Waals surface area contributed by atoms with Crippen molar-refractivity contribution in [3.05, 3.63) is 47.8 Å². The van der Waals surface area contributed by atoms with Gasteiger partial charge in [-0.05, 0) is 55.4 Å². The number of sulfone groups is 1. The molecule has 8 nitrogen and oxygen atoms in total. The molecule has 0 unspecified atom stereocenters. The van der Waals surface area contributed by atoms with Crippen molar-refractivity contribution in [2.24, 2.45) is 5.41 Å². The van der Waals surface area contributed by atoms with Gasteiger partial charge in [-0.15, -0.1) is 0 Å². The molecule has 0 radical (unpaired) electrons. The van der Waals surface area contributed by atoms with Crippen molar-refractivity contribution in [1.82, 2.24) is 10.2 Å². The number of hydrogen-bond donors (Lipinski definition) is 1. The van der Waals surface area contributed by atoms with Gasteiger partial charge in [0.25, 0.3) is 0 Å². The van der Waals surface area contributed by atoms with E-state index in [1.807, 2.05) is 6.07 Å². The van der Waals surface area contributed by atoms with Crippen LogP contribution >= 0.6 is 0 Å². The summed E-state index contributed by atoms with van der Waals surface area (Å²) in [5.74, 6) is -2.53. The Bertz CT molecular complexity index is 1610. The number of amides is 2. The molecule has 3 aliphatic rings. The summed E-state index contributed by atoms with van der Waals surface area (Å²) in [6, 6.07) is 5.86. The normalized spacial score (nSPS) is 22.8. The fourth-order valence-electron chi connectivity index (χ4n) is 5.35. The van der Waals surface area contributed by atoms with Gasteiger partial charge in [-0.2, -0.15) is 31.6 Å². The van der Waals surface area contributed by atoms with Crippen molar-refractivity contribution < 1.29 is 49.3 Å². The van der Waals surface area contributed by atoms with Gasteiger partial charge in [-0.25, -0.2) is 13.4 Å². The number of pyridine rings is 1. The highest BCUT2D eigenvalue weighted by Crippen LogP contribution is 2.59. The van der Waals surface area contributed by atoms with E-state index in [9.17, 15) is 49.6 Å². The molecule has 2 saturated carbocycles. The number of hydrogen-bond acceptors (Lipinski definition) is 5. The van der Waals surface area contributed by atoms with Crippen LogP contribution in [0.2, 0.25) is 0 Å². The minimum atomic E-state index is -5.13. The summed E-state index contributed by atoms with van der Waals surface area (Å²) < 4.78 is 112. The van der Waals surface area contributed by atoms with Crippen LogP contribution in [0, 0.1) is 23.7 Å². The number of aromatic nitrogens is 1. The first-order valence-corrected chi connectivity index (χ1v) is 14.5. The van der Waals surface area contributed by atoms with Crippen LogP contribution in [0.4, 0.5) is 26.3 Å². The van der Waals surface area contributed by atoms with Crippen LogP contribution in [-0.2, 0) is 25.6 Å². The monoisotopic (exact) mass is 615 g/mol. The number of rotatable bonds is 6. The molecule has 0 bridgehead atoms. The van der Waals surface area contributed by atoms with Crippen LogP contribution in [0.5, 0.6) is 0 Å². The maximum absolute atomic E-state index is 14.2. The molecule has 3 fully saturated rings. The molecular weight excluding hydrogens is 590 g/mol. The molecule has 2 N–H and O–H groups in total. The van der Waals surface area contributed by atoms with Gasteiger partial charge in [0.05, 0.1) is 21.8 Å². The van der Waals surface area contributed by atoms with Gasteiger partial charge in [0, 0.05) is 25.6 Å². The standard InChI is InChI=1S/C27H24F6N4O4S/c1-15-10-17(4-9-35-15)16-2-3-21(19(11-16)26(28,29)30)42(40,41)18-12-20(22(38)36-24(14-34)5-6-24)37(13-18)23(39)25(7-8-25)27(31,32)33/h2-4,9-11,18,20H,5-8,12-13H2,1H3,(H,36,38)/p+1/t18-,20+/m1/s1. The Kier molecular flexibility index (Phi) is 6.87. The third-order valence-corrected chi connectivity index (χ3v) is 10.4. The molecule has 224 valence electrons. The predicted molar refractivity (Wildman–Crippen MR) is 133 cm³/mol. The second-order valence-electron chi connectivity index (χ2n) is 11.1. The zero-order valence-corrected chi connectivity index (χ0v) is 22.9. The average molecular weight is 616 g/mol. The van der Waals surface area contributed by atoms with Gasteiger partial charge >= 0.3 is 12.4 Å². The number of aryl methyl sites for hydroxylation is 1. The molecule has 2 atom stereocenters. The van der Waals surface area contributed by atoms with E-state index in [0.717, 1.165) is 6.07 Å². The van der Waals surface area contributed by atoms with Gasteiger partial charge in [0.15, 0.2) is 21.7 Å². The van der Waals surface area contributed by atoms with Gasteiger partial charge in [0.1, 0.15) is 17.0 Å². The van der Waals surface area contributed by atoms with Crippen LogP contribution in [0.3, 0.4) is 0 Å².